The molecule has 1 aromatic heterocycles. The third-order valence-corrected chi connectivity index (χ3v) is 5.66. The Kier molecular flexibility index (Phi) is 4.14. The number of benzene rings is 1. The summed E-state index contributed by atoms with van der Waals surface area (Å²) in [7, 11) is 0. The van der Waals surface area contributed by atoms with Crippen molar-refractivity contribution in [3.63, 3.8) is 0 Å². The number of fused-ring (bicyclic) bond motifs is 3. The average Bonchev–Trinajstić information content (AvgIpc) is 3.29. The van der Waals surface area contributed by atoms with Crippen LogP contribution in [0.25, 0.3) is 11.3 Å². The molecule has 3 atom stereocenters. The first-order chi connectivity index (χ1) is 13.5. The van der Waals surface area contributed by atoms with E-state index >= 15 is 0 Å². The first-order valence-corrected chi connectivity index (χ1v) is 8.80. The maximum Gasteiger partial charge on any atom is 0.424 e. The van der Waals surface area contributed by atoms with Crippen LogP contribution in [0.15, 0.2) is 24.3 Å². The molecule has 1 saturated carbocycles. The van der Waals surface area contributed by atoms with Gasteiger partial charge < -0.3 is 21.3 Å². The van der Waals surface area contributed by atoms with Crippen LogP contribution in [0.5, 0.6) is 5.75 Å². The summed E-state index contributed by atoms with van der Waals surface area (Å²) in [6, 6.07) is 4.32. The predicted octanol–water partition coefficient (Wildman–Crippen LogP) is 2.14. The Morgan fingerprint density at radius 1 is 1.38 bits per heavy atom. The number of carbonyl (C=O) groups excluding carboxylic acids is 1. The van der Waals surface area contributed by atoms with E-state index in [4.69, 9.17) is 27.8 Å². The molecule has 1 aliphatic heterocycles. The van der Waals surface area contributed by atoms with E-state index in [-0.39, 0.29) is 34.0 Å². The predicted molar refractivity (Wildman–Crippen MR) is 93.6 cm³/mol. The Balaban J connectivity index is 2.04. The first-order valence-electron chi connectivity index (χ1n) is 8.43. The smallest absolute Gasteiger partial charge is 0.424 e. The fraction of sp³-hybridized carbons (Fsp3) is 0.333. The number of ether oxygens (including phenoxy) is 1. The number of halogens is 5. The van der Waals surface area contributed by atoms with Gasteiger partial charge in [0.25, 0.3) is 0 Å². The fourth-order valence-corrected chi connectivity index (χ4v) is 3.79. The summed E-state index contributed by atoms with van der Waals surface area (Å²) in [5, 5.41) is 10.4. The molecule has 11 heteroatoms. The highest BCUT2D eigenvalue weighted by Crippen LogP contribution is 2.61. The number of nitrogens with two attached hydrogens (primary N) is 2. The van der Waals surface area contributed by atoms with Crippen LogP contribution in [0.1, 0.15) is 17.7 Å². The van der Waals surface area contributed by atoms with Gasteiger partial charge in [0.15, 0.2) is 5.75 Å². The van der Waals surface area contributed by atoms with Crippen molar-refractivity contribution in [2.45, 2.75) is 29.7 Å². The zero-order valence-electron chi connectivity index (χ0n) is 14.6. The molecular formula is C18H14ClF4N3O3. The molecule has 1 aliphatic carbocycles. The van der Waals surface area contributed by atoms with E-state index in [1.165, 1.54) is 6.07 Å². The topological polar surface area (TPSA) is 111 Å². The highest BCUT2D eigenvalue weighted by Gasteiger charge is 2.69. The van der Waals surface area contributed by atoms with Gasteiger partial charge in [-0.05, 0) is 24.3 Å². The lowest BCUT2D eigenvalue weighted by molar-refractivity contribution is -0.263. The van der Waals surface area contributed by atoms with Gasteiger partial charge in [-0.1, -0.05) is 11.6 Å². The lowest BCUT2D eigenvalue weighted by Crippen LogP contribution is -2.49. The number of nitrogens with zero attached hydrogens (tertiary/aromatic N) is 1. The van der Waals surface area contributed by atoms with Crippen LogP contribution in [-0.4, -0.2) is 34.8 Å². The standard InChI is InChI=1S/C18H14ClF4N3O3/c19-7-1-2-10(20)8(3-7)13-14-9(16(15(25)27)5-12(16)29-14)4-11(26-13)17(28,6-24)18(21,22)23/h1-4,12,28H,5-6,24H2,(H2,25,27)/t12?,16-,17?/m1/s1. The quantitative estimate of drug-likeness (QED) is 0.642. The van der Waals surface area contributed by atoms with Gasteiger partial charge >= 0.3 is 6.18 Å². The molecule has 2 aliphatic rings. The van der Waals surface area contributed by atoms with Crippen LogP contribution in [0.4, 0.5) is 17.6 Å². The van der Waals surface area contributed by atoms with Gasteiger partial charge in [-0.25, -0.2) is 9.37 Å². The summed E-state index contributed by atoms with van der Waals surface area (Å²) in [4.78, 5) is 15.9. The highest BCUT2D eigenvalue weighted by molar-refractivity contribution is 6.30. The molecule has 29 heavy (non-hydrogen) atoms. The SMILES string of the molecule is NCC(O)(c1cc2c(c(-c3cc(Cl)ccc3F)n1)OC1C[C@@]21C(N)=O)C(F)(F)F. The number of pyridine rings is 1. The Morgan fingerprint density at radius 3 is 2.66 bits per heavy atom. The minimum atomic E-state index is -5.19. The molecule has 4 rings (SSSR count). The molecule has 0 spiro atoms. The van der Waals surface area contributed by atoms with Crippen molar-refractivity contribution >= 4 is 17.5 Å². The van der Waals surface area contributed by atoms with E-state index in [0.29, 0.717) is 0 Å². The van der Waals surface area contributed by atoms with E-state index in [9.17, 15) is 27.5 Å². The largest absolute Gasteiger partial charge is 0.486 e. The molecule has 0 saturated heterocycles. The summed E-state index contributed by atoms with van der Waals surface area (Å²) in [6.45, 7) is -1.24. The minimum Gasteiger partial charge on any atom is -0.486 e. The molecule has 2 heterocycles. The number of aliphatic hydroxyl groups is 1. The number of rotatable bonds is 4. The van der Waals surface area contributed by atoms with Gasteiger partial charge in [0, 0.05) is 29.1 Å². The van der Waals surface area contributed by atoms with Gasteiger partial charge in [0.05, 0.1) is 5.69 Å². The monoisotopic (exact) mass is 431 g/mol. The fourth-order valence-electron chi connectivity index (χ4n) is 3.62. The van der Waals surface area contributed by atoms with Crippen molar-refractivity contribution in [3.05, 3.63) is 46.4 Å². The maximum atomic E-state index is 14.5. The minimum absolute atomic E-state index is 0.00509. The molecule has 154 valence electrons. The average molecular weight is 432 g/mol. The zero-order valence-corrected chi connectivity index (χ0v) is 15.3. The number of hydrogen-bond acceptors (Lipinski definition) is 5. The number of aromatic nitrogens is 1. The van der Waals surface area contributed by atoms with Crippen LogP contribution < -0.4 is 16.2 Å². The van der Waals surface area contributed by atoms with Crippen molar-refractivity contribution in [2.75, 3.05) is 6.54 Å². The van der Waals surface area contributed by atoms with Crippen molar-refractivity contribution in [2.24, 2.45) is 11.5 Å². The number of hydrogen-bond donors (Lipinski definition) is 3. The molecule has 1 fully saturated rings. The number of carbonyl (C=O) groups is 1. The Labute approximate surface area is 166 Å². The molecular weight excluding hydrogens is 418 g/mol. The summed E-state index contributed by atoms with van der Waals surface area (Å²) < 4.78 is 60.9. The van der Waals surface area contributed by atoms with Crippen LogP contribution >= 0.6 is 11.6 Å². The summed E-state index contributed by atoms with van der Waals surface area (Å²) >= 11 is 5.90. The lowest BCUT2D eigenvalue weighted by Gasteiger charge is -2.29. The third kappa shape index (κ3) is 2.62. The van der Waals surface area contributed by atoms with E-state index in [1.54, 1.807) is 0 Å². The summed E-state index contributed by atoms with van der Waals surface area (Å²) in [5.74, 6) is -1.72. The maximum absolute atomic E-state index is 14.5. The Bertz CT molecular complexity index is 1050. The van der Waals surface area contributed by atoms with Crippen molar-refractivity contribution in [1.29, 1.82) is 0 Å². The van der Waals surface area contributed by atoms with Crippen LogP contribution in [-0.2, 0) is 15.8 Å². The molecule has 0 radical (unpaired) electrons. The van der Waals surface area contributed by atoms with Gasteiger partial charge in [-0.2, -0.15) is 13.2 Å². The van der Waals surface area contributed by atoms with Crippen molar-refractivity contribution < 1.29 is 32.2 Å². The molecule has 0 bridgehead atoms. The number of alkyl halides is 3. The normalized spacial score (nSPS) is 24.3. The van der Waals surface area contributed by atoms with Gasteiger partial charge in [0.1, 0.15) is 23.0 Å². The molecule has 5 N–H and O–H groups in total. The second-order valence-electron chi connectivity index (χ2n) is 7.07. The first kappa shape index (κ1) is 19.9. The lowest BCUT2D eigenvalue weighted by atomic mass is 9.89. The number of primary amides is 1. The van der Waals surface area contributed by atoms with E-state index in [1.807, 2.05) is 0 Å². The second-order valence-corrected chi connectivity index (χ2v) is 7.50. The molecule has 2 aromatic rings. The van der Waals surface area contributed by atoms with E-state index in [2.05, 4.69) is 4.98 Å². The Hall–Kier alpha value is -2.43. The van der Waals surface area contributed by atoms with Crippen LogP contribution in [0, 0.1) is 5.82 Å². The molecule has 2 unspecified atom stereocenters. The van der Waals surface area contributed by atoms with E-state index < -0.39 is 47.3 Å². The van der Waals surface area contributed by atoms with Crippen LogP contribution in [0.3, 0.4) is 0 Å². The highest BCUT2D eigenvalue weighted by atomic mass is 35.5. The van der Waals surface area contributed by atoms with Gasteiger partial charge in [0.2, 0.25) is 11.5 Å². The second kappa shape index (κ2) is 6.04. The molecule has 1 aromatic carbocycles. The van der Waals surface area contributed by atoms with Gasteiger partial charge in [-0.3, -0.25) is 4.79 Å². The molecule has 1 amide bonds. The van der Waals surface area contributed by atoms with Crippen LogP contribution in [0.2, 0.25) is 5.02 Å². The molecule has 6 nitrogen and oxygen atoms in total. The summed E-state index contributed by atoms with van der Waals surface area (Å²) in [6.07, 6.45) is -5.73. The van der Waals surface area contributed by atoms with Crippen molar-refractivity contribution in [1.82, 2.24) is 4.98 Å². The third-order valence-electron chi connectivity index (χ3n) is 5.42. The zero-order chi connectivity index (χ0) is 21.4. The summed E-state index contributed by atoms with van der Waals surface area (Å²) in [5.41, 5.74) is 4.32. The van der Waals surface area contributed by atoms with Crippen molar-refractivity contribution in [3.8, 4) is 17.0 Å². The Morgan fingerprint density at radius 2 is 2.07 bits per heavy atom. The van der Waals surface area contributed by atoms with E-state index in [0.717, 1.165) is 18.2 Å². The number of amides is 1. The van der Waals surface area contributed by atoms with Gasteiger partial charge in [-0.15, -0.1) is 0 Å².